The molecule has 0 bridgehead atoms. The van der Waals surface area contributed by atoms with Crippen molar-refractivity contribution in [2.75, 3.05) is 20.2 Å². The Morgan fingerprint density at radius 1 is 1.56 bits per heavy atom. The fourth-order valence-electron chi connectivity index (χ4n) is 2.07. The molecule has 0 saturated heterocycles. The van der Waals surface area contributed by atoms with Crippen molar-refractivity contribution in [2.45, 2.75) is 20.3 Å². The molecular weight excluding hydrogens is 248 g/mol. The van der Waals surface area contributed by atoms with E-state index in [-0.39, 0.29) is 0 Å². The van der Waals surface area contributed by atoms with Crippen molar-refractivity contribution >= 4 is 17.4 Å². The maximum Gasteiger partial charge on any atom is 0.135 e. The predicted molar refractivity (Wildman–Crippen MR) is 75.6 cm³/mol. The van der Waals surface area contributed by atoms with E-state index in [2.05, 4.69) is 22.9 Å². The van der Waals surface area contributed by atoms with Crippen LogP contribution in [0.3, 0.4) is 0 Å². The summed E-state index contributed by atoms with van der Waals surface area (Å²) in [5.41, 5.74) is 1.10. The second-order valence-corrected chi connectivity index (χ2v) is 5.10. The standard InChI is InChI=1S/C14H19ClN2O/c1-4-18-12-8-16-14(17(3)9-12)11-6-5-10(2)13(15)7-11/h6-8,10H,4-5,9H2,1-3H3. The highest BCUT2D eigenvalue weighted by molar-refractivity contribution is 6.30. The lowest BCUT2D eigenvalue weighted by atomic mass is 9.97. The quantitative estimate of drug-likeness (QED) is 0.783. The van der Waals surface area contributed by atoms with Crippen LogP contribution in [0.25, 0.3) is 0 Å². The Morgan fingerprint density at radius 2 is 2.33 bits per heavy atom. The molecule has 1 aliphatic carbocycles. The molecule has 2 rings (SSSR count). The van der Waals surface area contributed by atoms with Crippen LogP contribution in [0.15, 0.2) is 39.7 Å². The van der Waals surface area contributed by atoms with E-state index in [1.807, 2.05) is 20.0 Å². The van der Waals surface area contributed by atoms with Crippen LogP contribution in [0.5, 0.6) is 0 Å². The van der Waals surface area contributed by atoms with E-state index in [0.717, 1.165) is 35.2 Å². The maximum absolute atomic E-state index is 6.21. The van der Waals surface area contributed by atoms with Crippen LogP contribution in [-0.4, -0.2) is 30.9 Å². The van der Waals surface area contributed by atoms with Gasteiger partial charge in [-0.1, -0.05) is 24.6 Å². The molecule has 1 heterocycles. The highest BCUT2D eigenvalue weighted by Gasteiger charge is 2.20. The molecule has 0 saturated carbocycles. The van der Waals surface area contributed by atoms with Gasteiger partial charge >= 0.3 is 0 Å². The minimum Gasteiger partial charge on any atom is -0.495 e. The molecule has 0 spiro atoms. The summed E-state index contributed by atoms with van der Waals surface area (Å²) < 4.78 is 5.48. The number of hydrogen-bond donors (Lipinski definition) is 0. The zero-order chi connectivity index (χ0) is 13.1. The number of allylic oxidation sites excluding steroid dienone is 2. The Labute approximate surface area is 113 Å². The zero-order valence-corrected chi connectivity index (χ0v) is 11.9. The van der Waals surface area contributed by atoms with Crippen LogP contribution in [-0.2, 0) is 4.74 Å². The van der Waals surface area contributed by atoms with Gasteiger partial charge in [-0.05, 0) is 25.3 Å². The van der Waals surface area contributed by atoms with E-state index in [9.17, 15) is 0 Å². The van der Waals surface area contributed by atoms with Crippen LogP contribution in [0.2, 0.25) is 0 Å². The van der Waals surface area contributed by atoms with Crippen molar-refractivity contribution in [3.05, 3.63) is 34.7 Å². The van der Waals surface area contributed by atoms with Crippen molar-refractivity contribution in [1.82, 2.24) is 4.90 Å². The van der Waals surface area contributed by atoms with Crippen molar-refractivity contribution in [3.63, 3.8) is 0 Å². The summed E-state index contributed by atoms with van der Waals surface area (Å²) >= 11 is 6.21. The van der Waals surface area contributed by atoms with E-state index in [1.54, 1.807) is 6.20 Å². The largest absolute Gasteiger partial charge is 0.495 e. The molecule has 1 unspecified atom stereocenters. The third-order valence-corrected chi connectivity index (χ3v) is 3.61. The van der Waals surface area contributed by atoms with Gasteiger partial charge in [0.1, 0.15) is 11.6 Å². The topological polar surface area (TPSA) is 24.8 Å². The van der Waals surface area contributed by atoms with Crippen molar-refractivity contribution in [1.29, 1.82) is 0 Å². The van der Waals surface area contributed by atoms with Crippen LogP contribution in [0.1, 0.15) is 20.3 Å². The number of halogens is 1. The number of likely N-dealkylation sites (N-methyl/N-ethyl adjacent to an activating group) is 1. The van der Waals surface area contributed by atoms with Crippen molar-refractivity contribution < 1.29 is 4.74 Å². The summed E-state index contributed by atoms with van der Waals surface area (Å²) in [5.74, 6) is 2.28. The summed E-state index contributed by atoms with van der Waals surface area (Å²) in [6.45, 7) is 5.54. The lowest BCUT2D eigenvalue weighted by Crippen LogP contribution is -2.33. The van der Waals surface area contributed by atoms with E-state index in [1.165, 1.54) is 0 Å². The molecule has 0 aromatic carbocycles. The number of amidine groups is 1. The maximum atomic E-state index is 6.21. The first kappa shape index (κ1) is 13.2. The predicted octanol–water partition coefficient (Wildman–Crippen LogP) is 3.30. The average Bonchev–Trinajstić information content (AvgIpc) is 2.34. The van der Waals surface area contributed by atoms with Crippen LogP contribution in [0, 0.1) is 5.92 Å². The lowest BCUT2D eigenvalue weighted by molar-refractivity contribution is 0.206. The van der Waals surface area contributed by atoms with Gasteiger partial charge in [-0.3, -0.25) is 0 Å². The van der Waals surface area contributed by atoms with E-state index in [4.69, 9.17) is 16.3 Å². The fraction of sp³-hybridized carbons (Fsp3) is 0.500. The second kappa shape index (κ2) is 5.61. The van der Waals surface area contributed by atoms with Crippen molar-refractivity contribution in [3.8, 4) is 0 Å². The third-order valence-electron chi connectivity index (χ3n) is 3.13. The lowest BCUT2D eigenvalue weighted by Gasteiger charge is -2.27. The van der Waals surface area contributed by atoms with Crippen LogP contribution in [0.4, 0.5) is 0 Å². The number of hydrogen-bond acceptors (Lipinski definition) is 3. The Morgan fingerprint density at radius 3 is 2.94 bits per heavy atom. The normalized spacial score (nSPS) is 24.0. The molecule has 4 heteroatoms. The SMILES string of the molecule is CCOC1=CN=C(C2=CCC(C)C(Cl)=C2)N(C)C1. The van der Waals surface area contributed by atoms with Gasteiger partial charge in [0.25, 0.3) is 0 Å². The summed E-state index contributed by atoms with van der Waals surface area (Å²) in [4.78, 5) is 6.57. The number of aliphatic imine (C=N–C) groups is 1. The van der Waals surface area contributed by atoms with Crippen LogP contribution < -0.4 is 0 Å². The van der Waals surface area contributed by atoms with Gasteiger partial charge < -0.3 is 9.64 Å². The number of nitrogens with zero attached hydrogens (tertiary/aromatic N) is 2. The molecule has 0 fully saturated rings. The van der Waals surface area contributed by atoms with Gasteiger partial charge in [0.15, 0.2) is 0 Å². The number of ether oxygens (including phenoxy) is 1. The van der Waals surface area contributed by atoms with E-state index < -0.39 is 0 Å². The highest BCUT2D eigenvalue weighted by atomic mass is 35.5. The molecule has 3 nitrogen and oxygen atoms in total. The summed E-state index contributed by atoms with van der Waals surface area (Å²) in [6, 6.07) is 0. The third kappa shape index (κ3) is 2.78. The molecule has 0 aromatic rings. The molecule has 1 atom stereocenters. The summed E-state index contributed by atoms with van der Waals surface area (Å²) in [7, 11) is 2.02. The Balaban J connectivity index is 2.19. The highest BCUT2D eigenvalue weighted by Crippen LogP contribution is 2.28. The fourth-order valence-corrected chi connectivity index (χ4v) is 2.27. The minimum atomic E-state index is 0.416. The molecule has 18 heavy (non-hydrogen) atoms. The zero-order valence-electron chi connectivity index (χ0n) is 11.1. The van der Waals surface area contributed by atoms with E-state index >= 15 is 0 Å². The Hall–Kier alpha value is -1.22. The first-order valence-electron chi connectivity index (χ1n) is 6.30. The van der Waals surface area contributed by atoms with Gasteiger partial charge in [0.2, 0.25) is 0 Å². The van der Waals surface area contributed by atoms with Gasteiger partial charge in [0, 0.05) is 17.7 Å². The number of rotatable bonds is 3. The molecular formula is C14H19ClN2O. The molecule has 0 aromatic heterocycles. The molecule has 0 N–H and O–H groups in total. The second-order valence-electron chi connectivity index (χ2n) is 4.66. The minimum absolute atomic E-state index is 0.416. The smallest absolute Gasteiger partial charge is 0.135 e. The molecule has 98 valence electrons. The van der Waals surface area contributed by atoms with E-state index in [0.29, 0.717) is 12.5 Å². The monoisotopic (exact) mass is 266 g/mol. The Bertz CT molecular complexity index is 449. The average molecular weight is 267 g/mol. The molecule has 1 aliphatic heterocycles. The first-order chi connectivity index (χ1) is 8.61. The summed E-state index contributed by atoms with van der Waals surface area (Å²) in [6.07, 6.45) is 7.00. The molecule has 0 radical (unpaired) electrons. The van der Waals surface area contributed by atoms with Gasteiger partial charge in [-0.2, -0.15) is 0 Å². The first-order valence-corrected chi connectivity index (χ1v) is 6.68. The van der Waals surface area contributed by atoms with Gasteiger partial charge in [0.05, 0.1) is 19.4 Å². The molecule has 0 amide bonds. The van der Waals surface area contributed by atoms with Crippen LogP contribution >= 0.6 is 11.6 Å². The van der Waals surface area contributed by atoms with Crippen molar-refractivity contribution in [2.24, 2.45) is 10.9 Å². The Kier molecular flexibility index (Phi) is 4.12. The van der Waals surface area contributed by atoms with Gasteiger partial charge in [-0.25, -0.2) is 4.99 Å². The van der Waals surface area contributed by atoms with Gasteiger partial charge in [-0.15, -0.1) is 0 Å². The molecule has 2 aliphatic rings. The summed E-state index contributed by atoms with van der Waals surface area (Å²) in [5, 5.41) is 0.906.